The summed E-state index contributed by atoms with van der Waals surface area (Å²) in [5, 5.41) is 3.84. The van der Waals surface area contributed by atoms with E-state index in [1.165, 1.54) is 5.56 Å². The third-order valence-electron chi connectivity index (χ3n) is 6.37. The zero-order valence-corrected chi connectivity index (χ0v) is 17.1. The van der Waals surface area contributed by atoms with E-state index in [4.69, 9.17) is 17.3 Å². The molecule has 0 atom stereocenters. The van der Waals surface area contributed by atoms with E-state index >= 15 is 0 Å². The van der Waals surface area contributed by atoms with Gasteiger partial charge < -0.3 is 16.0 Å². The number of nitrogens with two attached hydrogens (primary N) is 1. The van der Waals surface area contributed by atoms with Gasteiger partial charge in [-0.05, 0) is 55.0 Å². The molecule has 2 aromatic carbocycles. The lowest BCUT2D eigenvalue weighted by Crippen LogP contribution is -2.47. The minimum Gasteiger partial charge on any atom is -0.352 e. The van der Waals surface area contributed by atoms with Crippen molar-refractivity contribution in [1.82, 2.24) is 10.2 Å². The maximum absolute atomic E-state index is 12.6. The van der Waals surface area contributed by atoms with Crippen molar-refractivity contribution in [3.8, 4) is 0 Å². The average Bonchev–Trinajstić information content (AvgIpc) is 3.04. The predicted octanol–water partition coefficient (Wildman–Crippen LogP) is 3.25. The number of hydrogen-bond acceptors (Lipinski definition) is 3. The highest BCUT2D eigenvalue weighted by atomic mass is 35.5. The smallest absolute Gasteiger partial charge is 0.254 e. The fraction of sp³-hybridized carbons (Fsp3) is 0.391. The van der Waals surface area contributed by atoms with Crippen LogP contribution in [0.4, 0.5) is 0 Å². The lowest BCUT2D eigenvalue weighted by Gasteiger charge is -2.40. The molecule has 0 aromatic heterocycles. The van der Waals surface area contributed by atoms with Crippen LogP contribution in [0, 0.1) is 0 Å². The lowest BCUT2D eigenvalue weighted by atomic mass is 9.68. The first-order valence-corrected chi connectivity index (χ1v) is 10.5. The second-order valence-corrected chi connectivity index (χ2v) is 8.59. The Morgan fingerprint density at radius 3 is 2.62 bits per heavy atom. The number of fused-ring (bicyclic) bond motifs is 1. The van der Waals surface area contributed by atoms with Crippen LogP contribution >= 0.6 is 11.6 Å². The molecule has 2 aromatic rings. The minimum absolute atomic E-state index is 0.0671. The summed E-state index contributed by atoms with van der Waals surface area (Å²) in [6.07, 6.45) is 3.54. The van der Waals surface area contributed by atoms with Crippen molar-refractivity contribution in [1.29, 1.82) is 0 Å². The number of amides is 2. The summed E-state index contributed by atoms with van der Waals surface area (Å²) in [5.74, 6) is -0.165. The molecule has 0 radical (unpaired) electrons. The summed E-state index contributed by atoms with van der Waals surface area (Å²) in [4.78, 5) is 26.6. The van der Waals surface area contributed by atoms with Gasteiger partial charge in [0.2, 0.25) is 5.91 Å². The van der Waals surface area contributed by atoms with Crippen molar-refractivity contribution >= 4 is 23.4 Å². The van der Waals surface area contributed by atoms with Gasteiger partial charge in [-0.15, -0.1) is 0 Å². The molecule has 2 aliphatic rings. The van der Waals surface area contributed by atoms with Gasteiger partial charge >= 0.3 is 0 Å². The Labute approximate surface area is 176 Å². The molecule has 0 bridgehead atoms. The Hall–Kier alpha value is -2.37. The van der Waals surface area contributed by atoms with Gasteiger partial charge in [-0.2, -0.15) is 0 Å². The van der Waals surface area contributed by atoms with E-state index in [0.29, 0.717) is 18.7 Å². The van der Waals surface area contributed by atoms with Gasteiger partial charge in [0.1, 0.15) is 6.54 Å². The highest BCUT2D eigenvalue weighted by molar-refractivity contribution is 6.30. The molecule has 4 rings (SSSR count). The molecule has 29 heavy (non-hydrogen) atoms. The quantitative estimate of drug-likeness (QED) is 0.792. The average molecular weight is 412 g/mol. The molecule has 0 saturated heterocycles. The van der Waals surface area contributed by atoms with Crippen LogP contribution < -0.4 is 11.1 Å². The van der Waals surface area contributed by atoms with E-state index in [1.54, 1.807) is 4.90 Å². The second kappa shape index (κ2) is 8.17. The summed E-state index contributed by atoms with van der Waals surface area (Å²) in [5.41, 5.74) is 8.94. The van der Waals surface area contributed by atoms with Crippen molar-refractivity contribution in [2.24, 2.45) is 5.73 Å². The number of halogens is 1. The van der Waals surface area contributed by atoms with Crippen LogP contribution in [0.5, 0.6) is 0 Å². The number of benzene rings is 2. The van der Waals surface area contributed by atoms with Gasteiger partial charge in [-0.1, -0.05) is 41.9 Å². The third kappa shape index (κ3) is 4.02. The number of nitrogens with zero attached hydrogens (tertiary/aromatic N) is 1. The molecular weight excluding hydrogens is 386 g/mol. The zero-order chi connectivity index (χ0) is 20.4. The Morgan fingerprint density at radius 1 is 1.17 bits per heavy atom. The summed E-state index contributed by atoms with van der Waals surface area (Å²) < 4.78 is 0. The SMILES string of the molecule is NCC1(c2cccc(Cl)c2)CCC(NC(=O)CN2Cc3ccccc3C2=O)CC1. The van der Waals surface area contributed by atoms with Crippen molar-refractivity contribution in [2.75, 3.05) is 13.1 Å². The molecule has 1 fully saturated rings. The summed E-state index contributed by atoms with van der Waals surface area (Å²) >= 11 is 6.18. The fourth-order valence-corrected chi connectivity index (χ4v) is 4.82. The van der Waals surface area contributed by atoms with Crippen LogP contribution in [0.1, 0.15) is 47.2 Å². The Kier molecular flexibility index (Phi) is 5.61. The maximum Gasteiger partial charge on any atom is 0.254 e. The van der Waals surface area contributed by atoms with E-state index in [9.17, 15) is 9.59 Å². The van der Waals surface area contributed by atoms with Crippen LogP contribution in [0.2, 0.25) is 5.02 Å². The molecule has 1 aliphatic heterocycles. The highest BCUT2D eigenvalue weighted by Crippen LogP contribution is 2.39. The van der Waals surface area contributed by atoms with Crippen molar-refractivity contribution in [3.05, 3.63) is 70.2 Å². The topological polar surface area (TPSA) is 75.4 Å². The van der Waals surface area contributed by atoms with Gasteiger partial charge in [-0.3, -0.25) is 9.59 Å². The van der Waals surface area contributed by atoms with Crippen molar-refractivity contribution < 1.29 is 9.59 Å². The Balaban J connectivity index is 1.33. The van der Waals surface area contributed by atoms with Crippen LogP contribution in [0.15, 0.2) is 48.5 Å². The van der Waals surface area contributed by atoms with Crippen molar-refractivity contribution in [3.63, 3.8) is 0 Å². The van der Waals surface area contributed by atoms with Gasteiger partial charge in [0.25, 0.3) is 5.91 Å². The van der Waals surface area contributed by atoms with Crippen LogP contribution in [-0.2, 0) is 16.8 Å². The predicted molar refractivity (Wildman–Crippen MR) is 114 cm³/mol. The number of carbonyl (C=O) groups excluding carboxylic acids is 2. The first-order valence-electron chi connectivity index (χ1n) is 10.1. The Morgan fingerprint density at radius 2 is 1.93 bits per heavy atom. The van der Waals surface area contributed by atoms with Crippen LogP contribution in [0.3, 0.4) is 0 Å². The largest absolute Gasteiger partial charge is 0.352 e. The molecule has 1 aliphatic carbocycles. The molecule has 152 valence electrons. The van der Waals surface area contributed by atoms with Gasteiger partial charge in [0.15, 0.2) is 0 Å². The molecule has 1 saturated carbocycles. The Bertz CT molecular complexity index is 922. The molecule has 0 unspecified atom stereocenters. The van der Waals surface area contributed by atoms with Gasteiger partial charge in [0.05, 0.1) is 0 Å². The first kappa shape index (κ1) is 19.9. The minimum atomic E-state index is -0.0980. The normalized spacial score (nSPS) is 23.7. The molecule has 3 N–H and O–H groups in total. The molecule has 1 heterocycles. The summed E-state index contributed by atoms with van der Waals surface area (Å²) in [7, 11) is 0. The number of rotatable bonds is 5. The maximum atomic E-state index is 12.6. The molecular formula is C23H26ClN3O2. The number of nitrogens with one attached hydrogen (secondary N) is 1. The number of carbonyl (C=O) groups is 2. The van der Waals surface area contributed by atoms with Crippen LogP contribution in [0.25, 0.3) is 0 Å². The van der Waals surface area contributed by atoms with E-state index in [1.807, 2.05) is 42.5 Å². The summed E-state index contributed by atoms with van der Waals surface area (Å²) in [6.45, 7) is 1.16. The van der Waals surface area contributed by atoms with Gasteiger partial charge in [0, 0.05) is 35.1 Å². The fourth-order valence-electron chi connectivity index (χ4n) is 4.63. The van der Waals surface area contributed by atoms with Gasteiger partial charge in [-0.25, -0.2) is 0 Å². The number of hydrogen-bond donors (Lipinski definition) is 2. The lowest BCUT2D eigenvalue weighted by molar-refractivity contribution is -0.122. The van der Waals surface area contributed by atoms with E-state index in [2.05, 4.69) is 11.4 Å². The summed E-state index contributed by atoms with van der Waals surface area (Å²) in [6, 6.07) is 15.6. The van der Waals surface area contributed by atoms with Crippen molar-refractivity contribution in [2.45, 2.75) is 43.7 Å². The third-order valence-corrected chi connectivity index (χ3v) is 6.60. The molecule has 6 heteroatoms. The molecule has 0 spiro atoms. The standard InChI is InChI=1S/C23H26ClN3O2/c24-18-6-3-5-17(12-18)23(15-25)10-8-19(9-11-23)26-21(28)14-27-13-16-4-1-2-7-20(16)22(27)29/h1-7,12,19H,8-11,13-15,25H2,(H,26,28). The van der Waals surface area contributed by atoms with Crippen LogP contribution in [-0.4, -0.2) is 35.8 Å². The highest BCUT2D eigenvalue weighted by Gasteiger charge is 2.36. The van der Waals surface area contributed by atoms with E-state index in [-0.39, 0.29) is 29.8 Å². The second-order valence-electron chi connectivity index (χ2n) is 8.15. The van der Waals surface area contributed by atoms with E-state index < -0.39 is 0 Å². The zero-order valence-electron chi connectivity index (χ0n) is 16.4. The van der Waals surface area contributed by atoms with E-state index in [0.717, 1.165) is 36.3 Å². The molecule has 2 amide bonds. The monoisotopic (exact) mass is 411 g/mol. The first-order chi connectivity index (χ1) is 14.0. The molecule has 5 nitrogen and oxygen atoms in total.